The normalized spacial score (nSPS) is 27.1. The average molecular weight is 269 g/mol. The Morgan fingerprint density at radius 3 is 3.00 bits per heavy atom. The van der Waals surface area contributed by atoms with Gasteiger partial charge in [-0.15, -0.1) is 11.3 Å². The lowest BCUT2D eigenvalue weighted by molar-refractivity contribution is 0.490. The smallest absolute Gasteiger partial charge is 0.156 e. The van der Waals surface area contributed by atoms with Crippen LogP contribution >= 0.6 is 23.1 Å². The number of hydrogen-bond donors (Lipinski definition) is 1. The van der Waals surface area contributed by atoms with Crippen LogP contribution < -0.4 is 5.32 Å². The highest BCUT2D eigenvalue weighted by atomic mass is 32.2. The van der Waals surface area contributed by atoms with E-state index in [1.54, 1.807) is 11.3 Å². The fraction of sp³-hybridized carbons (Fsp3) is 0.667. The summed E-state index contributed by atoms with van der Waals surface area (Å²) in [5.74, 6) is 1.89. The molecule has 1 saturated heterocycles. The molecule has 0 spiro atoms. The lowest BCUT2D eigenvalue weighted by Gasteiger charge is -2.28. The molecule has 17 heavy (non-hydrogen) atoms. The molecule has 2 rings (SSSR count). The van der Waals surface area contributed by atoms with Crippen LogP contribution in [0.1, 0.15) is 24.5 Å². The number of amidine groups is 1. The molecule has 0 aliphatic carbocycles. The molecule has 0 amide bonds. The van der Waals surface area contributed by atoms with Crippen molar-refractivity contribution >= 4 is 28.3 Å². The van der Waals surface area contributed by atoms with Gasteiger partial charge in [-0.2, -0.15) is 0 Å². The number of nitrogens with zero attached hydrogens (tertiary/aromatic N) is 2. The lowest BCUT2D eigenvalue weighted by Crippen LogP contribution is -2.41. The van der Waals surface area contributed by atoms with Gasteiger partial charge in [0.1, 0.15) is 0 Å². The van der Waals surface area contributed by atoms with E-state index < -0.39 is 0 Å². The molecule has 0 aromatic carbocycles. The number of aromatic nitrogens is 1. The monoisotopic (exact) mass is 269 g/mol. The van der Waals surface area contributed by atoms with Crippen molar-refractivity contribution in [3.05, 3.63) is 16.1 Å². The molecule has 2 atom stereocenters. The zero-order valence-corrected chi connectivity index (χ0v) is 12.2. The van der Waals surface area contributed by atoms with Gasteiger partial charge in [0.25, 0.3) is 0 Å². The average Bonchev–Trinajstić information content (AvgIpc) is 2.70. The lowest BCUT2D eigenvalue weighted by atomic mass is 10.1. The van der Waals surface area contributed by atoms with Crippen molar-refractivity contribution in [1.29, 1.82) is 0 Å². The summed E-state index contributed by atoms with van der Waals surface area (Å²) in [5.41, 5.74) is 1.12. The first-order valence-electron chi connectivity index (χ1n) is 6.00. The molecule has 1 aromatic rings. The Morgan fingerprint density at radius 1 is 1.53 bits per heavy atom. The summed E-state index contributed by atoms with van der Waals surface area (Å²) in [7, 11) is 0. The predicted octanol–water partition coefficient (Wildman–Crippen LogP) is 2.71. The van der Waals surface area contributed by atoms with E-state index in [0.29, 0.717) is 6.04 Å². The molecular weight excluding hydrogens is 250 g/mol. The Labute approximate surface area is 111 Å². The van der Waals surface area contributed by atoms with Crippen LogP contribution in [-0.2, 0) is 6.42 Å². The Kier molecular flexibility index (Phi) is 4.45. The van der Waals surface area contributed by atoms with E-state index in [9.17, 15) is 0 Å². The fourth-order valence-corrected chi connectivity index (χ4v) is 3.52. The first kappa shape index (κ1) is 12.9. The van der Waals surface area contributed by atoms with Gasteiger partial charge in [0.05, 0.1) is 5.01 Å². The van der Waals surface area contributed by atoms with E-state index in [1.807, 2.05) is 18.7 Å². The van der Waals surface area contributed by atoms with Crippen molar-refractivity contribution in [2.75, 3.05) is 12.3 Å². The maximum absolute atomic E-state index is 4.61. The first-order valence-corrected chi connectivity index (χ1v) is 7.86. The number of rotatable bonds is 3. The van der Waals surface area contributed by atoms with Crippen LogP contribution in [0.5, 0.6) is 0 Å². The van der Waals surface area contributed by atoms with Gasteiger partial charge < -0.3 is 5.32 Å². The minimum atomic E-state index is 0.539. The van der Waals surface area contributed by atoms with Crippen molar-refractivity contribution in [1.82, 2.24) is 10.3 Å². The van der Waals surface area contributed by atoms with Gasteiger partial charge in [-0.1, -0.05) is 18.7 Å². The van der Waals surface area contributed by atoms with Crippen LogP contribution in [0.3, 0.4) is 0 Å². The Morgan fingerprint density at radius 2 is 2.35 bits per heavy atom. The largest absolute Gasteiger partial charge is 0.362 e. The SMILES string of the molecule is Cc1csc(CCN=C2NC(C)C(C)CS2)n1. The van der Waals surface area contributed by atoms with Gasteiger partial charge in [0, 0.05) is 35.8 Å². The summed E-state index contributed by atoms with van der Waals surface area (Å²) in [4.78, 5) is 9.05. The van der Waals surface area contributed by atoms with Gasteiger partial charge >= 0.3 is 0 Å². The van der Waals surface area contributed by atoms with Crippen LogP contribution in [0, 0.1) is 12.8 Å². The van der Waals surface area contributed by atoms with E-state index in [1.165, 1.54) is 10.8 Å². The van der Waals surface area contributed by atoms with Gasteiger partial charge in [0.15, 0.2) is 5.17 Å². The molecule has 2 heterocycles. The highest BCUT2D eigenvalue weighted by Gasteiger charge is 2.20. The highest BCUT2D eigenvalue weighted by molar-refractivity contribution is 8.13. The fourth-order valence-electron chi connectivity index (χ4n) is 1.60. The van der Waals surface area contributed by atoms with E-state index >= 15 is 0 Å². The summed E-state index contributed by atoms with van der Waals surface area (Å²) in [6.07, 6.45) is 0.953. The van der Waals surface area contributed by atoms with E-state index in [2.05, 4.69) is 34.5 Å². The number of thiazole rings is 1. The van der Waals surface area contributed by atoms with E-state index in [4.69, 9.17) is 0 Å². The third-order valence-corrected chi connectivity index (χ3v) is 5.17. The topological polar surface area (TPSA) is 37.3 Å². The number of hydrogen-bond acceptors (Lipinski definition) is 4. The number of nitrogens with one attached hydrogen (secondary N) is 1. The maximum atomic E-state index is 4.61. The van der Waals surface area contributed by atoms with Crippen molar-refractivity contribution < 1.29 is 0 Å². The van der Waals surface area contributed by atoms with Gasteiger partial charge in [0.2, 0.25) is 0 Å². The third kappa shape index (κ3) is 3.71. The van der Waals surface area contributed by atoms with Gasteiger partial charge in [-0.25, -0.2) is 4.98 Å². The molecular formula is C12H19N3S2. The second-order valence-corrected chi connectivity index (χ2v) is 6.49. The quantitative estimate of drug-likeness (QED) is 0.917. The molecule has 1 aromatic heterocycles. The molecule has 0 saturated carbocycles. The molecule has 1 aliphatic heterocycles. The number of aryl methyl sites for hydroxylation is 1. The van der Waals surface area contributed by atoms with E-state index in [-0.39, 0.29) is 0 Å². The van der Waals surface area contributed by atoms with Crippen LogP contribution in [0.25, 0.3) is 0 Å². The molecule has 1 aliphatic rings. The predicted molar refractivity (Wildman–Crippen MR) is 77.1 cm³/mol. The maximum Gasteiger partial charge on any atom is 0.156 e. The Bertz CT molecular complexity index is 400. The third-order valence-electron chi connectivity index (χ3n) is 2.94. The minimum Gasteiger partial charge on any atom is -0.362 e. The number of aliphatic imine (C=N–C) groups is 1. The molecule has 1 fully saturated rings. The van der Waals surface area contributed by atoms with Gasteiger partial charge in [-0.3, -0.25) is 4.99 Å². The molecule has 1 N–H and O–H groups in total. The van der Waals surface area contributed by atoms with Crippen LogP contribution in [0.15, 0.2) is 10.4 Å². The van der Waals surface area contributed by atoms with Crippen molar-refractivity contribution in [3.63, 3.8) is 0 Å². The van der Waals surface area contributed by atoms with Crippen LogP contribution in [0.4, 0.5) is 0 Å². The zero-order valence-electron chi connectivity index (χ0n) is 10.6. The summed E-state index contributed by atoms with van der Waals surface area (Å²) >= 11 is 3.57. The van der Waals surface area contributed by atoms with Crippen molar-refractivity contribution in [2.24, 2.45) is 10.9 Å². The van der Waals surface area contributed by atoms with Crippen LogP contribution in [0.2, 0.25) is 0 Å². The standard InChI is InChI=1S/C12H19N3S2/c1-8-6-17-12(15-10(8)3)13-5-4-11-14-9(2)7-16-11/h7-8,10H,4-6H2,1-3H3,(H,13,15). The van der Waals surface area contributed by atoms with Crippen molar-refractivity contribution in [2.45, 2.75) is 33.2 Å². The molecule has 94 valence electrons. The first-order chi connectivity index (χ1) is 8.15. The summed E-state index contributed by atoms with van der Waals surface area (Å²) in [6, 6.07) is 0.539. The molecule has 3 nitrogen and oxygen atoms in total. The molecule has 0 bridgehead atoms. The van der Waals surface area contributed by atoms with Gasteiger partial charge in [-0.05, 0) is 19.8 Å². The second-order valence-electron chi connectivity index (χ2n) is 4.54. The molecule has 5 heteroatoms. The summed E-state index contributed by atoms with van der Waals surface area (Å²) < 4.78 is 0. The van der Waals surface area contributed by atoms with Crippen LogP contribution in [-0.4, -0.2) is 28.5 Å². The summed E-state index contributed by atoms with van der Waals surface area (Å²) in [6.45, 7) is 7.38. The molecule has 0 radical (unpaired) electrons. The highest BCUT2D eigenvalue weighted by Crippen LogP contribution is 2.19. The van der Waals surface area contributed by atoms with E-state index in [0.717, 1.165) is 29.7 Å². The molecule has 2 unspecified atom stereocenters. The Balaban J connectivity index is 1.81. The second kappa shape index (κ2) is 5.87. The zero-order chi connectivity index (χ0) is 12.3. The number of thioether (sulfide) groups is 1. The Hall–Kier alpha value is -0.550. The minimum absolute atomic E-state index is 0.539. The van der Waals surface area contributed by atoms with Crippen molar-refractivity contribution in [3.8, 4) is 0 Å². The summed E-state index contributed by atoms with van der Waals surface area (Å²) in [5, 5.41) is 7.84.